The second-order valence-electron chi connectivity index (χ2n) is 5.40. The number of aliphatic imine (C=N–C) groups is 1. The van der Waals surface area contributed by atoms with Crippen LogP contribution in [0.1, 0.15) is 20.3 Å². The summed E-state index contributed by atoms with van der Waals surface area (Å²) in [7, 11) is 0. The number of dihydropyridines is 1. The van der Waals surface area contributed by atoms with Crippen molar-refractivity contribution in [2.24, 2.45) is 4.99 Å². The molecule has 0 saturated heterocycles. The maximum absolute atomic E-state index is 12.0. The van der Waals surface area contributed by atoms with E-state index in [2.05, 4.69) is 4.99 Å². The van der Waals surface area contributed by atoms with Crippen LogP contribution >= 0.6 is 0 Å². The number of hydrogen-bond acceptors (Lipinski definition) is 5. The van der Waals surface area contributed by atoms with E-state index in [1.165, 1.54) is 0 Å². The van der Waals surface area contributed by atoms with Crippen LogP contribution in [0, 0.1) is 0 Å². The Hall–Kier alpha value is -2.14. The minimum Gasteiger partial charge on any atom is -0.493 e. The molecular weight excluding hydrogens is 282 g/mol. The van der Waals surface area contributed by atoms with Gasteiger partial charge >= 0.3 is 5.97 Å². The van der Waals surface area contributed by atoms with Gasteiger partial charge in [-0.3, -0.25) is 9.79 Å². The summed E-state index contributed by atoms with van der Waals surface area (Å²) in [6, 6.07) is 9.12. The van der Waals surface area contributed by atoms with Crippen LogP contribution in [0.4, 0.5) is 0 Å². The lowest BCUT2D eigenvalue weighted by Crippen LogP contribution is -2.42. The molecule has 0 bridgehead atoms. The second kappa shape index (κ2) is 7.22. The van der Waals surface area contributed by atoms with Gasteiger partial charge in [0.15, 0.2) is 0 Å². The van der Waals surface area contributed by atoms with Gasteiger partial charge in [0.05, 0.1) is 25.7 Å². The van der Waals surface area contributed by atoms with Crippen LogP contribution in [0.3, 0.4) is 0 Å². The van der Waals surface area contributed by atoms with Gasteiger partial charge in [0.2, 0.25) is 0 Å². The summed E-state index contributed by atoms with van der Waals surface area (Å²) >= 11 is 0. The number of ether oxygens (including phenoxy) is 2. The molecule has 2 unspecified atom stereocenters. The zero-order valence-corrected chi connectivity index (χ0v) is 12.9. The van der Waals surface area contributed by atoms with E-state index in [-0.39, 0.29) is 31.6 Å². The normalized spacial score (nSPS) is 23.8. The lowest BCUT2D eigenvalue weighted by Gasteiger charge is -2.33. The number of rotatable bonds is 6. The van der Waals surface area contributed by atoms with Gasteiger partial charge in [-0.05, 0) is 37.6 Å². The second-order valence-corrected chi connectivity index (χ2v) is 5.40. The van der Waals surface area contributed by atoms with E-state index in [0.29, 0.717) is 5.57 Å². The van der Waals surface area contributed by atoms with E-state index in [1.54, 1.807) is 19.2 Å². The molecule has 0 aromatic heterocycles. The molecule has 0 amide bonds. The molecule has 1 aromatic rings. The average Bonchev–Trinajstić information content (AvgIpc) is 2.51. The monoisotopic (exact) mass is 303 g/mol. The molecular formula is C17H21NO4. The van der Waals surface area contributed by atoms with Gasteiger partial charge in [-0.1, -0.05) is 18.2 Å². The highest BCUT2D eigenvalue weighted by atomic mass is 16.6. The fourth-order valence-corrected chi connectivity index (χ4v) is 2.15. The number of benzene rings is 1. The van der Waals surface area contributed by atoms with Crippen LogP contribution in [0.2, 0.25) is 0 Å². The van der Waals surface area contributed by atoms with Crippen molar-refractivity contribution < 1.29 is 19.4 Å². The smallest absolute Gasteiger partial charge is 0.310 e. The number of carbonyl (C=O) groups excluding carboxylic acids is 1. The topological polar surface area (TPSA) is 68.1 Å². The third-order valence-corrected chi connectivity index (χ3v) is 3.60. The number of esters is 1. The zero-order valence-electron chi connectivity index (χ0n) is 12.9. The third kappa shape index (κ3) is 4.18. The molecule has 0 saturated carbocycles. The summed E-state index contributed by atoms with van der Waals surface area (Å²) in [6.45, 7) is 3.79. The zero-order chi connectivity index (χ0) is 16.0. The number of nitrogens with zero attached hydrogens (tertiary/aromatic N) is 1. The van der Waals surface area contributed by atoms with Gasteiger partial charge in [0, 0.05) is 6.21 Å². The Morgan fingerprint density at radius 2 is 2.09 bits per heavy atom. The third-order valence-electron chi connectivity index (χ3n) is 3.60. The molecule has 1 N–H and O–H groups in total. The van der Waals surface area contributed by atoms with Crippen molar-refractivity contribution in [2.75, 3.05) is 13.2 Å². The van der Waals surface area contributed by atoms with E-state index in [9.17, 15) is 9.90 Å². The maximum atomic E-state index is 12.0. The number of aliphatic hydroxyl groups excluding tert-OH is 1. The average molecular weight is 303 g/mol. The van der Waals surface area contributed by atoms with Gasteiger partial charge in [0.25, 0.3) is 0 Å². The Bertz CT molecular complexity index is 567. The van der Waals surface area contributed by atoms with Crippen molar-refractivity contribution in [3.8, 4) is 5.75 Å². The van der Waals surface area contributed by atoms with Gasteiger partial charge in [0.1, 0.15) is 11.4 Å². The molecule has 0 spiro atoms. The molecule has 2 rings (SSSR count). The molecule has 1 aliphatic heterocycles. The largest absolute Gasteiger partial charge is 0.493 e. The molecule has 0 radical (unpaired) electrons. The lowest BCUT2D eigenvalue weighted by atomic mass is 9.92. The fourth-order valence-electron chi connectivity index (χ4n) is 2.15. The summed E-state index contributed by atoms with van der Waals surface area (Å²) in [5, 5.41) is 9.19. The molecule has 1 aliphatic rings. The van der Waals surface area contributed by atoms with Gasteiger partial charge < -0.3 is 14.6 Å². The van der Waals surface area contributed by atoms with Gasteiger partial charge in [-0.15, -0.1) is 0 Å². The fraction of sp³-hybridized carbons (Fsp3) is 0.412. The number of aliphatic hydroxyl groups is 1. The summed E-state index contributed by atoms with van der Waals surface area (Å²) in [4.78, 5) is 16.3. The van der Waals surface area contributed by atoms with Crippen LogP contribution in [0.5, 0.6) is 5.75 Å². The van der Waals surface area contributed by atoms with E-state index < -0.39 is 5.60 Å². The maximum Gasteiger partial charge on any atom is 0.310 e. The summed E-state index contributed by atoms with van der Waals surface area (Å²) in [5.41, 5.74) is -0.190. The van der Waals surface area contributed by atoms with E-state index >= 15 is 0 Å². The molecule has 5 nitrogen and oxygen atoms in total. The highest BCUT2D eigenvalue weighted by molar-refractivity contribution is 5.81. The number of carbonyl (C=O) groups is 1. The van der Waals surface area contributed by atoms with Crippen LogP contribution in [-0.2, 0) is 9.53 Å². The van der Waals surface area contributed by atoms with Crippen molar-refractivity contribution in [1.29, 1.82) is 0 Å². The predicted molar refractivity (Wildman–Crippen MR) is 84.2 cm³/mol. The van der Waals surface area contributed by atoms with Crippen molar-refractivity contribution >= 4 is 12.2 Å². The highest BCUT2D eigenvalue weighted by Crippen LogP contribution is 2.25. The SMILES string of the molecule is CC1N=CC(CO)=CC1(C)OC(=O)CCOc1ccccc1. The molecule has 2 atom stereocenters. The Labute approximate surface area is 130 Å². The van der Waals surface area contributed by atoms with Crippen molar-refractivity contribution in [3.05, 3.63) is 42.0 Å². The van der Waals surface area contributed by atoms with Crippen LogP contribution < -0.4 is 4.74 Å². The molecule has 22 heavy (non-hydrogen) atoms. The quantitative estimate of drug-likeness (QED) is 0.818. The molecule has 0 aliphatic carbocycles. The minimum atomic E-state index is -0.837. The van der Waals surface area contributed by atoms with Crippen molar-refractivity contribution in [3.63, 3.8) is 0 Å². The van der Waals surface area contributed by atoms with Crippen molar-refractivity contribution in [2.45, 2.75) is 31.9 Å². The Balaban J connectivity index is 1.86. The van der Waals surface area contributed by atoms with E-state index in [4.69, 9.17) is 9.47 Å². The molecule has 1 aromatic carbocycles. The predicted octanol–water partition coefficient (Wildman–Crippen LogP) is 2.15. The Kier molecular flexibility index (Phi) is 5.33. The van der Waals surface area contributed by atoms with Crippen LogP contribution in [-0.4, -0.2) is 42.1 Å². The van der Waals surface area contributed by atoms with Gasteiger partial charge in [-0.2, -0.15) is 0 Å². The standard InChI is InChI=1S/C17H21NO4/c1-13-17(2,10-14(12-19)11-18-13)22-16(20)8-9-21-15-6-4-3-5-7-15/h3-7,10-11,13,19H,8-9,12H2,1-2H3. The summed E-state index contributed by atoms with van der Waals surface area (Å²) in [6.07, 6.45) is 3.52. The summed E-state index contributed by atoms with van der Waals surface area (Å²) in [5.74, 6) is 0.371. The number of para-hydroxylation sites is 1. The van der Waals surface area contributed by atoms with E-state index in [0.717, 1.165) is 5.75 Å². The van der Waals surface area contributed by atoms with Crippen LogP contribution in [0.15, 0.2) is 47.0 Å². The first-order chi connectivity index (χ1) is 10.5. The molecule has 1 heterocycles. The Morgan fingerprint density at radius 3 is 2.77 bits per heavy atom. The molecule has 118 valence electrons. The summed E-state index contributed by atoms with van der Waals surface area (Å²) < 4.78 is 11.0. The number of hydrogen-bond donors (Lipinski definition) is 1. The molecule has 5 heteroatoms. The lowest BCUT2D eigenvalue weighted by molar-refractivity contribution is -0.155. The van der Waals surface area contributed by atoms with Crippen LogP contribution in [0.25, 0.3) is 0 Å². The highest BCUT2D eigenvalue weighted by Gasteiger charge is 2.35. The first-order valence-corrected chi connectivity index (χ1v) is 7.29. The van der Waals surface area contributed by atoms with Gasteiger partial charge in [-0.25, -0.2) is 0 Å². The first-order valence-electron chi connectivity index (χ1n) is 7.29. The van der Waals surface area contributed by atoms with Crippen molar-refractivity contribution in [1.82, 2.24) is 0 Å². The van der Waals surface area contributed by atoms with E-state index in [1.807, 2.05) is 37.3 Å². The molecule has 0 fully saturated rings. The Morgan fingerprint density at radius 1 is 1.36 bits per heavy atom. The first kappa shape index (κ1) is 16.2. The minimum absolute atomic E-state index is 0.125.